The average molecular weight is 270 g/mol. The van der Waals surface area contributed by atoms with Crippen LogP contribution in [0.1, 0.15) is 24.5 Å². The standard InChI is InChI=1S/C14H11FN4O/c15-10-5-3-9(4-6-10)13-16-14(20-19-13)12-7-11(17-18-12)8-1-2-8/h3-8H,1-2H2,(H,17,18). The Morgan fingerprint density at radius 3 is 2.75 bits per heavy atom. The van der Waals surface area contributed by atoms with Gasteiger partial charge in [0.2, 0.25) is 5.82 Å². The molecular formula is C14H11FN4O. The van der Waals surface area contributed by atoms with E-state index < -0.39 is 0 Å². The molecule has 100 valence electrons. The zero-order valence-corrected chi connectivity index (χ0v) is 10.5. The highest BCUT2D eigenvalue weighted by molar-refractivity contribution is 5.57. The van der Waals surface area contributed by atoms with Crippen molar-refractivity contribution < 1.29 is 8.91 Å². The fraction of sp³-hybridized carbons (Fsp3) is 0.214. The molecule has 4 rings (SSSR count). The molecular weight excluding hydrogens is 259 g/mol. The van der Waals surface area contributed by atoms with E-state index >= 15 is 0 Å². The number of aromatic nitrogens is 4. The van der Waals surface area contributed by atoms with Crippen LogP contribution in [0, 0.1) is 5.82 Å². The monoisotopic (exact) mass is 270 g/mol. The maximum absolute atomic E-state index is 12.9. The molecule has 0 amide bonds. The van der Waals surface area contributed by atoms with Gasteiger partial charge in [-0.1, -0.05) is 5.16 Å². The van der Waals surface area contributed by atoms with E-state index in [2.05, 4.69) is 20.3 Å². The van der Waals surface area contributed by atoms with Crippen LogP contribution in [0.15, 0.2) is 34.9 Å². The smallest absolute Gasteiger partial charge is 0.278 e. The third kappa shape index (κ3) is 1.99. The first-order valence-corrected chi connectivity index (χ1v) is 6.45. The fourth-order valence-electron chi connectivity index (χ4n) is 2.09. The van der Waals surface area contributed by atoms with E-state index in [1.165, 1.54) is 25.0 Å². The number of halogens is 1. The molecule has 6 heteroatoms. The van der Waals surface area contributed by atoms with Crippen molar-refractivity contribution in [1.82, 2.24) is 20.3 Å². The van der Waals surface area contributed by atoms with Crippen LogP contribution in [0.4, 0.5) is 4.39 Å². The van der Waals surface area contributed by atoms with Gasteiger partial charge in [-0.15, -0.1) is 0 Å². The second-order valence-electron chi connectivity index (χ2n) is 4.91. The van der Waals surface area contributed by atoms with E-state index in [1.807, 2.05) is 6.07 Å². The van der Waals surface area contributed by atoms with Gasteiger partial charge in [0.15, 0.2) is 5.69 Å². The number of nitrogens with one attached hydrogen (secondary N) is 1. The van der Waals surface area contributed by atoms with Crippen LogP contribution in [-0.2, 0) is 0 Å². The molecule has 1 N–H and O–H groups in total. The summed E-state index contributed by atoms with van der Waals surface area (Å²) in [5.41, 5.74) is 2.47. The number of aromatic amines is 1. The van der Waals surface area contributed by atoms with Crippen LogP contribution < -0.4 is 0 Å². The van der Waals surface area contributed by atoms with Crippen molar-refractivity contribution in [3.63, 3.8) is 0 Å². The summed E-state index contributed by atoms with van der Waals surface area (Å²) in [4.78, 5) is 4.29. The van der Waals surface area contributed by atoms with E-state index in [1.54, 1.807) is 12.1 Å². The minimum atomic E-state index is -0.293. The van der Waals surface area contributed by atoms with Crippen molar-refractivity contribution in [3.05, 3.63) is 41.8 Å². The summed E-state index contributed by atoms with van der Waals surface area (Å²) >= 11 is 0. The van der Waals surface area contributed by atoms with Crippen molar-refractivity contribution in [2.24, 2.45) is 0 Å². The molecule has 5 nitrogen and oxygen atoms in total. The lowest BCUT2D eigenvalue weighted by Gasteiger charge is -1.92. The lowest BCUT2D eigenvalue weighted by Crippen LogP contribution is -1.82. The molecule has 1 saturated carbocycles. The van der Waals surface area contributed by atoms with Crippen LogP contribution in [0.5, 0.6) is 0 Å². The largest absolute Gasteiger partial charge is 0.332 e. The van der Waals surface area contributed by atoms with Gasteiger partial charge in [-0.3, -0.25) is 5.10 Å². The Hall–Kier alpha value is -2.50. The van der Waals surface area contributed by atoms with Gasteiger partial charge in [0.25, 0.3) is 5.89 Å². The van der Waals surface area contributed by atoms with Crippen LogP contribution in [0.25, 0.3) is 23.0 Å². The first-order valence-electron chi connectivity index (χ1n) is 6.45. The normalized spacial score (nSPS) is 14.7. The Morgan fingerprint density at radius 2 is 2.00 bits per heavy atom. The average Bonchev–Trinajstić information content (AvgIpc) is 3.01. The lowest BCUT2D eigenvalue weighted by atomic mass is 10.2. The second-order valence-corrected chi connectivity index (χ2v) is 4.91. The fourth-order valence-corrected chi connectivity index (χ4v) is 2.09. The molecule has 1 aromatic carbocycles. The van der Waals surface area contributed by atoms with Gasteiger partial charge in [-0.05, 0) is 43.2 Å². The summed E-state index contributed by atoms with van der Waals surface area (Å²) in [7, 11) is 0. The predicted molar refractivity (Wildman–Crippen MR) is 69.2 cm³/mol. The summed E-state index contributed by atoms with van der Waals surface area (Å²) in [6.07, 6.45) is 2.40. The molecule has 2 heterocycles. The topological polar surface area (TPSA) is 67.6 Å². The summed E-state index contributed by atoms with van der Waals surface area (Å²) in [5.74, 6) is 1.10. The molecule has 0 saturated heterocycles. The Morgan fingerprint density at radius 1 is 1.20 bits per heavy atom. The molecule has 1 fully saturated rings. The molecule has 0 unspecified atom stereocenters. The second kappa shape index (κ2) is 4.26. The molecule has 0 atom stereocenters. The maximum Gasteiger partial charge on any atom is 0.278 e. The molecule has 3 aromatic rings. The highest BCUT2D eigenvalue weighted by atomic mass is 19.1. The number of nitrogens with zero attached hydrogens (tertiary/aromatic N) is 3. The van der Waals surface area contributed by atoms with Crippen molar-refractivity contribution in [1.29, 1.82) is 0 Å². The van der Waals surface area contributed by atoms with Crippen LogP contribution in [0.2, 0.25) is 0 Å². The van der Waals surface area contributed by atoms with Crippen LogP contribution in [-0.4, -0.2) is 20.3 Å². The zero-order valence-electron chi connectivity index (χ0n) is 10.5. The Labute approximate surface area is 113 Å². The van der Waals surface area contributed by atoms with Crippen molar-refractivity contribution in [2.45, 2.75) is 18.8 Å². The first kappa shape index (κ1) is 11.3. The molecule has 1 aliphatic carbocycles. The molecule has 0 aliphatic heterocycles. The number of rotatable bonds is 3. The molecule has 0 bridgehead atoms. The Kier molecular flexibility index (Phi) is 2.42. The Balaban J connectivity index is 1.64. The third-order valence-electron chi connectivity index (χ3n) is 3.36. The minimum Gasteiger partial charge on any atom is -0.332 e. The van der Waals surface area contributed by atoms with Gasteiger partial charge < -0.3 is 4.52 Å². The maximum atomic E-state index is 12.9. The number of H-pyrrole nitrogens is 1. The van der Waals surface area contributed by atoms with Crippen molar-refractivity contribution >= 4 is 0 Å². The first-order chi connectivity index (χ1) is 9.79. The van der Waals surface area contributed by atoms with E-state index in [-0.39, 0.29) is 5.82 Å². The quantitative estimate of drug-likeness (QED) is 0.793. The van der Waals surface area contributed by atoms with Gasteiger partial charge >= 0.3 is 0 Å². The van der Waals surface area contributed by atoms with E-state index in [0.717, 1.165) is 5.69 Å². The van der Waals surface area contributed by atoms with Gasteiger partial charge in [0.05, 0.1) is 0 Å². The van der Waals surface area contributed by atoms with Gasteiger partial charge in [-0.25, -0.2) is 4.39 Å². The van der Waals surface area contributed by atoms with Crippen molar-refractivity contribution in [2.75, 3.05) is 0 Å². The summed E-state index contributed by atoms with van der Waals surface area (Å²) in [5, 5.41) is 11.1. The van der Waals surface area contributed by atoms with Crippen molar-refractivity contribution in [3.8, 4) is 23.0 Å². The molecule has 1 aliphatic rings. The summed E-state index contributed by atoms with van der Waals surface area (Å²) < 4.78 is 18.1. The van der Waals surface area contributed by atoms with E-state index in [4.69, 9.17) is 4.52 Å². The molecule has 20 heavy (non-hydrogen) atoms. The molecule has 2 aromatic heterocycles. The number of hydrogen-bond donors (Lipinski definition) is 1. The number of benzene rings is 1. The van der Waals surface area contributed by atoms with Gasteiger partial charge in [0, 0.05) is 17.2 Å². The van der Waals surface area contributed by atoms with Gasteiger partial charge in [-0.2, -0.15) is 10.1 Å². The third-order valence-corrected chi connectivity index (χ3v) is 3.36. The van der Waals surface area contributed by atoms with Gasteiger partial charge in [0.1, 0.15) is 5.82 Å². The van der Waals surface area contributed by atoms with E-state index in [9.17, 15) is 4.39 Å². The van der Waals surface area contributed by atoms with E-state index in [0.29, 0.717) is 28.9 Å². The highest BCUT2D eigenvalue weighted by Gasteiger charge is 2.26. The SMILES string of the molecule is Fc1ccc(-c2noc(-c3cc(C4CC4)[nH]n3)n2)cc1. The lowest BCUT2D eigenvalue weighted by molar-refractivity contribution is 0.431. The minimum absolute atomic E-state index is 0.293. The summed E-state index contributed by atoms with van der Waals surface area (Å²) in [6, 6.07) is 7.91. The van der Waals surface area contributed by atoms with Crippen LogP contribution in [0.3, 0.4) is 0 Å². The van der Waals surface area contributed by atoms with Crippen LogP contribution >= 0.6 is 0 Å². The number of hydrogen-bond acceptors (Lipinski definition) is 4. The molecule has 0 spiro atoms. The highest BCUT2D eigenvalue weighted by Crippen LogP contribution is 2.39. The Bertz CT molecular complexity index is 743. The molecule has 0 radical (unpaired) electrons. The summed E-state index contributed by atoms with van der Waals surface area (Å²) in [6.45, 7) is 0. The predicted octanol–water partition coefficient (Wildman–Crippen LogP) is 3.14. The zero-order chi connectivity index (χ0) is 13.5.